The highest BCUT2D eigenvalue weighted by Crippen LogP contribution is 2.36. The number of halogens is 1. The smallest absolute Gasteiger partial charge is 0.120 e. The molecule has 1 saturated heterocycles. The number of anilines is 1. The summed E-state index contributed by atoms with van der Waals surface area (Å²) in [5.41, 5.74) is 2.34. The number of benzene rings is 1. The second-order valence-corrected chi connectivity index (χ2v) is 5.08. The monoisotopic (exact) mass is 251 g/mol. The van der Waals surface area contributed by atoms with Crippen LogP contribution in [-0.2, 0) is 4.79 Å². The minimum absolute atomic E-state index is 0.191. The summed E-state index contributed by atoms with van der Waals surface area (Å²) in [5, 5.41) is 0.781. The van der Waals surface area contributed by atoms with Crippen LogP contribution in [0, 0.1) is 0 Å². The van der Waals surface area contributed by atoms with Crippen molar-refractivity contribution in [1.82, 2.24) is 0 Å². The molecule has 0 amide bonds. The van der Waals surface area contributed by atoms with Crippen molar-refractivity contribution >= 4 is 23.6 Å². The highest BCUT2D eigenvalue weighted by atomic mass is 35.5. The first-order valence-corrected chi connectivity index (χ1v) is 6.59. The summed E-state index contributed by atoms with van der Waals surface area (Å²) in [4.78, 5) is 13.1. The van der Waals surface area contributed by atoms with E-state index in [0.29, 0.717) is 6.42 Å². The van der Waals surface area contributed by atoms with Gasteiger partial charge in [0.1, 0.15) is 6.29 Å². The Bertz CT molecular complexity index is 399. The maximum Gasteiger partial charge on any atom is 0.120 e. The van der Waals surface area contributed by atoms with Crippen LogP contribution >= 0.6 is 11.6 Å². The average Bonchev–Trinajstić information content (AvgIpc) is 2.82. The van der Waals surface area contributed by atoms with Gasteiger partial charge in [-0.15, -0.1) is 0 Å². The van der Waals surface area contributed by atoms with E-state index in [9.17, 15) is 4.79 Å². The zero-order valence-corrected chi connectivity index (χ0v) is 10.9. The van der Waals surface area contributed by atoms with Crippen LogP contribution in [0.2, 0.25) is 5.02 Å². The molecule has 1 aliphatic rings. The molecule has 0 bridgehead atoms. The lowest BCUT2D eigenvalue weighted by Crippen LogP contribution is -2.20. The number of carbonyl (C=O) groups is 1. The molecule has 0 spiro atoms. The molecule has 0 aliphatic carbocycles. The summed E-state index contributed by atoms with van der Waals surface area (Å²) in [6, 6.07) is 6.03. The molecule has 2 nitrogen and oxygen atoms in total. The number of hydrogen-bond acceptors (Lipinski definition) is 2. The second kappa shape index (κ2) is 5.54. The van der Waals surface area contributed by atoms with E-state index in [1.165, 1.54) is 18.5 Å². The fraction of sp³-hybridized carbons (Fsp3) is 0.500. The summed E-state index contributed by atoms with van der Waals surface area (Å²) < 4.78 is 0. The Morgan fingerprint density at radius 2 is 2.12 bits per heavy atom. The summed E-state index contributed by atoms with van der Waals surface area (Å²) in [6.07, 6.45) is 3.99. The molecule has 0 radical (unpaired) electrons. The molecule has 1 aliphatic heterocycles. The number of rotatable bonds is 4. The van der Waals surface area contributed by atoms with E-state index in [1.54, 1.807) is 0 Å². The minimum atomic E-state index is 0.191. The normalized spacial score (nSPS) is 17.2. The third-order valence-corrected chi connectivity index (χ3v) is 3.75. The molecule has 17 heavy (non-hydrogen) atoms. The summed E-state index contributed by atoms with van der Waals surface area (Å²) in [5.74, 6) is 0.191. The van der Waals surface area contributed by atoms with E-state index in [1.807, 2.05) is 12.1 Å². The zero-order chi connectivity index (χ0) is 12.3. The molecule has 2 rings (SSSR count). The molecule has 1 heterocycles. The first kappa shape index (κ1) is 12.4. The zero-order valence-electron chi connectivity index (χ0n) is 10.2. The predicted molar refractivity (Wildman–Crippen MR) is 72.0 cm³/mol. The lowest BCUT2D eigenvalue weighted by atomic mass is 9.96. The topological polar surface area (TPSA) is 20.3 Å². The predicted octanol–water partition coefficient (Wildman–Crippen LogP) is 3.63. The summed E-state index contributed by atoms with van der Waals surface area (Å²) in [7, 11) is 0. The van der Waals surface area contributed by atoms with E-state index in [-0.39, 0.29) is 5.92 Å². The maximum absolute atomic E-state index is 10.7. The summed E-state index contributed by atoms with van der Waals surface area (Å²) >= 11 is 6.30. The quantitative estimate of drug-likeness (QED) is 0.762. The Labute approximate surface area is 108 Å². The Balaban J connectivity index is 2.36. The Morgan fingerprint density at radius 1 is 1.41 bits per heavy atom. The average molecular weight is 252 g/mol. The van der Waals surface area contributed by atoms with Crippen LogP contribution in [0.15, 0.2) is 18.2 Å². The molecular formula is C14H18ClNO. The molecule has 1 fully saturated rings. The summed E-state index contributed by atoms with van der Waals surface area (Å²) in [6.45, 7) is 4.26. The van der Waals surface area contributed by atoms with Crippen LogP contribution in [0.1, 0.15) is 37.7 Å². The molecular weight excluding hydrogens is 234 g/mol. The van der Waals surface area contributed by atoms with Crippen LogP contribution in [0.4, 0.5) is 5.69 Å². The van der Waals surface area contributed by atoms with Gasteiger partial charge >= 0.3 is 0 Å². The van der Waals surface area contributed by atoms with Gasteiger partial charge in [-0.2, -0.15) is 0 Å². The van der Waals surface area contributed by atoms with Crippen molar-refractivity contribution in [2.75, 3.05) is 18.0 Å². The highest BCUT2D eigenvalue weighted by Gasteiger charge is 2.20. The third-order valence-electron chi connectivity index (χ3n) is 3.42. The molecule has 92 valence electrons. The Morgan fingerprint density at radius 3 is 2.76 bits per heavy atom. The SMILES string of the molecule is CC(CC=O)c1c(Cl)cccc1N1CCCC1. The van der Waals surface area contributed by atoms with Gasteiger partial charge in [-0.05, 0) is 36.5 Å². The van der Waals surface area contributed by atoms with Crippen molar-refractivity contribution < 1.29 is 4.79 Å². The molecule has 1 atom stereocenters. The first-order chi connectivity index (χ1) is 8.24. The van der Waals surface area contributed by atoms with Crippen LogP contribution in [0.5, 0.6) is 0 Å². The fourth-order valence-electron chi connectivity index (χ4n) is 2.51. The minimum Gasteiger partial charge on any atom is -0.371 e. The number of aldehydes is 1. The number of nitrogens with zero attached hydrogens (tertiary/aromatic N) is 1. The van der Waals surface area contributed by atoms with Gasteiger partial charge in [0.2, 0.25) is 0 Å². The molecule has 0 aromatic heterocycles. The molecule has 1 aromatic carbocycles. The molecule has 0 saturated carbocycles. The Hall–Kier alpha value is -1.02. The highest BCUT2D eigenvalue weighted by molar-refractivity contribution is 6.31. The van der Waals surface area contributed by atoms with Gasteiger partial charge in [0.05, 0.1) is 0 Å². The van der Waals surface area contributed by atoms with Crippen molar-refractivity contribution in [3.8, 4) is 0 Å². The van der Waals surface area contributed by atoms with Crippen LogP contribution < -0.4 is 4.90 Å². The van der Waals surface area contributed by atoms with E-state index < -0.39 is 0 Å². The van der Waals surface area contributed by atoms with E-state index in [2.05, 4.69) is 17.9 Å². The molecule has 1 unspecified atom stereocenters. The van der Waals surface area contributed by atoms with Gasteiger partial charge in [0.15, 0.2) is 0 Å². The largest absolute Gasteiger partial charge is 0.371 e. The lowest BCUT2D eigenvalue weighted by molar-refractivity contribution is -0.108. The van der Waals surface area contributed by atoms with E-state index in [0.717, 1.165) is 30.0 Å². The fourth-order valence-corrected chi connectivity index (χ4v) is 2.87. The van der Waals surface area contributed by atoms with Crippen molar-refractivity contribution in [2.45, 2.75) is 32.1 Å². The second-order valence-electron chi connectivity index (χ2n) is 4.67. The van der Waals surface area contributed by atoms with Crippen LogP contribution in [0.25, 0.3) is 0 Å². The third kappa shape index (κ3) is 2.63. The first-order valence-electron chi connectivity index (χ1n) is 6.21. The molecule has 3 heteroatoms. The van der Waals surface area contributed by atoms with E-state index in [4.69, 9.17) is 11.6 Å². The van der Waals surface area contributed by atoms with Gasteiger partial charge in [0.25, 0.3) is 0 Å². The molecule has 0 N–H and O–H groups in total. The van der Waals surface area contributed by atoms with Crippen LogP contribution in [0.3, 0.4) is 0 Å². The van der Waals surface area contributed by atoms with Crippen molar-refractivity contribution in [2.24, 2.45) is 0 Å². The number of hydrogen-bond donors (Lipinski definition) is 0. The van der Waals surface area contributed by atoms with Gasteiger partial charge < -0.3 is 9.69 Å². The number of carbonyl (C=O) groups excluding carboxylic acids is 1. The standard InChI is InChI=1S/C14H18ClNO/c1-11(7-10-17)14-12(15)5-4-6-13(14)16-8-2-3-9-16/h4-6,10-11H,2-3,7-9H2,1H3. The van der Waals surface area contributed by atoms with E-state index >= 15 is 0 Å². The Kier molecular flexibility index (Phi) is 4.06. The van der Waals surface area contributed by atoms with Crippen molar-refractivity contribution in [3.63, 3.8) is 0 Å². The van der Waals surface area contributed by atoms with Gasteiger partial charge in [0, 0.05) is 30.2 Å². The van der Waals surface area contributed by atoms with Gasteiger partial charge in [-0.1, -0.05) is 24.6 Å². The van der Waals surface area contributed by atoms with Crippen LogP contribution in [-0.4, -0.2) is 19.4 Å². The lowest BCUT2D eigenvalue weighted by Gasteiger charge is -2.24. The van der Waals surface area contributed by atoms with Gasteiger partial charge in [-0.3, -0.25) is 0 Å². The maximum atomic E-state index is 10.7. The van der Waals surface area contributed by atoms with Gasteiger partial charge in [-0.25, -0.2) is 0 Å². The van der Waals surface area contributed by atoms with Crippen molar-refractivity contribution in [1.29, 1.82) is 0 Å². The molecule has 1 aromatic rings. The van der Waals surface area contributed by atoms with Crippen molar-refractivity contribution in [3.05, 3.63) is 28.8 Å².